The number of anilines is 1. The van der Waals surface area contributed by atoms with Crippen molar-refractivity contribution in [2.24, 2.45) is 5.92 Å². The third-order valence-corrected chi connectivity index (χ3v) is 5.02. The first-order chi connectivity index (χ1) is 14.8. The largest absolute Gasteiger partial charge is 0.441 e. The number of nitrogens with zero attached hydrogens (tertiary/aromatic N) is 3. The van der Waals surface area contributed by atoms with Crippen molar-refractivity contribution >= 4 is 22.4 Å². The molecule has 1 N–H and O–H groups in total. The molecule has 0 bridgehead atoms. The summed E-state index contributed by atoms with van der Waals surface area (Å²) in [5.41, 5.74) is 2.19. The van der Waals surface area contributed by atoms with E-state index in [-0.39, 0.29) is 23.1 Å². The SMILES string of the molecule is Cc1nc(-c2cccc(NC(=O)c3nn(CC(C)C)c(=O)c4ccccc34)c2)oc1C. The minimum absolute atomic E-state index is 0.197. The van der Waals surface area contributed by atoms with Crippen molar-refractivity contribution in [3.63, 3.8) is 0 Å². The topological polar surface area (TPSA) is 90.0 Å². The number of fused-ring (bicyclic) bond motifs is 1. The Balaban J connectivity index is 1.71. The fraction of sp³-hybridized carbons (Fsp3) is 0.250. The molecule has 0 spiro atoms. The molecule has 158 valence electrons. The first-order valence-corrected chi connectivity index (χ1v) is 10.2. The van der Waals surface area contributed by atoms with Crippen LogP contribution in [0.1, 0.15) is 35.8 Å². The first-order valence-electron chi connectivity index (χ1n) is 10.2. The third kappa shape index (κ3) is 4.12. The van der Waals surface area contributed by atoms with E-state index in [4.69, 9.17) is 4.42 Å². The van der Waals surface area contributed by atoms with Crippen LogP contribution in [0.25, 0.3) is 22.2 Å². The maximum Gasteiger partial charge on any atom is 0.276 e. The van der Waals surface area contributed by atoms with Crippen LogP contribution in [0.4, 0.5) is 5.69 Å². The Bertz CT molecular complexity index is 1310. The number of benzene rings is 2. The monoisotopic (exact) mass is 416 g/mol. The average Bonchev–Trinajstić information content (AvgIpc) is 3.08. The van der Waals surface area contributed by atoms with Crippen LogP contribution in [0.3, 0.4) is 0 Å². The number of nitrogens with one attached hydrogen (secondary N) is 1. The number of hydrogen-bond acceptors (Lipinski definition) is 5. The second kappa shape index (κ2) is 8.18. The summed E-state index contributed by atoms with van der Waals surface area (Å²) in [5.74, 6) is 1.09. The molecule has 31 heavy (non-hydrogen) atoms. The Morgan fingerprint density at radius 3 is 2.52 bits per heavy atom. The summed E-state index contributed by atoms with van der Waals surface area (Å²) in [4.78, 5) is 30.4. The molecule has 0 saturated heterocycles. The van der Waals surface area contributed by atoms with E-state index in [1.165, 1.54) is 4.68 Å². The minimum Gasteiger partial charge on any atom is -0.441 e. The standard InChI is InChI=1S/C24H24N4O3/c1-14(2)13-28-24(30)20-11-6-5-10-19(20)21(27-28)22(29)26-18-9-7-8-17(12-18)23-25-15(3)16(4)31-23/h5-12,14H,13H2,1-4H3,(H,26,29). The van der Waals surface area contributed by atoms with Crippen molar-refractivity contribution < 1.29 is 9.21 Å². The molecule has 0 fully saturated rings. The Morgan fingerprint density at radius 1 is 1.10 bits per heavy atom. The van der Waals surface area contributed by atoms with E-state index in [2.05, 4.69) is 15.4 Å². The Hall–Kier alpha value is -3.74. The van der Waals surface area contributed by atoms with Gasteiger partial charge in [-0.3, -0.25) is 9.59 Å². The van der Waals surface area contributed by atoms with Gasteiger partial charge < -0.3 is 9.73 Å². The van der Waals surface area contributed by atoms with Crippen LogP contribution >= 0.6 is 0 Å². The predicted molar refractivity (Wildman–Crippen MR) is 120 cm³/mol. The fourth-order valence-electron chi connectivity index (χ4n) is 3.39. The van der Waals surface area contributed by atoms with Gasteiger partial charge in [0.25, 0.3) is 11.5 Å². The number of carbonyl (C=O) groups is 1. The fourth-order valence-corrected chi connectivity index (χ4v) is 3.39. The molecule has 4 aromatic rings. The van der Waals surface area contributed by atoms with Crippen LogP contribution in [0.15, 0.2) is 57.7 Å². The van der Waals surface area contributed by atoms with Gasteiger partial charge in [-0.2, -0.15) is 5.10 Å². The van der Waals surface area contributed by atoms with Crippen molar-refractivity contribution in [3.05, 3.63) is 76.0 Å². The molecule has 0 aliphatic rings. The molecule has 0 aliphatic carbocycles. The third-order valence-electron chi connectivity index (χ3n) is 5.02. The number of amides is 1. The summed E-state index contributed by atoms with van der Waals surface area (Å²) >= 11 is 0. The summed E-state index contributed by atoms with van der Waals surface area (Å²) in [6.45, 7) is 8.18. The highest BCUT2D eigenvalue weighted by molar-refractivity contribution is 6.11. The molecule has 7 heteroatoms. The van der Waals surface area contributed by atoms with Gasteiger partial charge in [-0.15, -0.1) is 0 Å². The van der Waals surface area contributed by atoms with E-state index >= 15 is 0 Å². The molecule has 1 amide bonds. The quantitative estimate of drug-likeness (QED) is 0.514. The number of carbonyl (C=O) groups excluding carboxylic acids is 1. The van der Waals surface area contributed by atoms with E-state index < -0.39 is 0 Å². The van der Waals surface area contributed by atoms with Crippen LogP contribution in [0, 0.1) is 19.8 Å². The number of oxazole rings is 1. The molecule has 7 nitrogen and oxygen atoms in total. The second-order valence-electron chi connectivity index (χ2n) is 7.97. The summed E-state index contributed by atoms with van der Waals surface area (Å²) in [6, 6.07) is 14.3. The maximum atomic E-state index is 13.2. The number of aromatic nitrogens is 3. The van der Waals surface area contributed by atoms with Gasteiger partial charge >= 0.3 is 0 Å². The van der Waals surface area contributed by atoms with Crippen LogP contribution in [-0.4, -0.2) is 20.7 Å². The van der Waals surface area contributed by atoms with Crippen LogP contribution in [0.2, 0.25) is 0 Å². The lowest BCUT2D eigenvalue weighted by atomic mass is 10.1. The van der Waals surface area contributed by atoms with Gasteiger partial charge in [0, 0.05) is 23.2 Å². The van der Waals surface area contributed by atoms with Gasteiger partial charge in [-0.1, -0.05) is 38.1 Å². The normalized spacial score (nSPS) is 11.3. The summed E-state index contributed by atoms with van der Waals surface area (Å²) < 4.78 is 7.07. The Kier molecular flexibility index (Phi) is 5.42. The first kappa shape index (κ1) is 20.5. The molecule has 0 unspecified atom stereocenters. The second-order valence-corrected chi connectivity index (χ2v) is 7.97. The summed E-state index contributed by atoms with van der Waals surface area (Å²) in [5, 5.41) is 8.29. The van der Waals surface area contributed by atoms with Gasteiger partial charge in [-0.25, -0.2) is 9.67 Å². The van der Waals surface area contributed by atoms with E-state index in [9.17, 15) is 9.59 Å². The van der Waals surface area contributed by atoms with Crippen LogP contribution < -0.4 is 10.9 Å². The van der Waals surface area contributed by atoms with Crippen molar-refractivity contribution in [2.75, 3.05) is 5.32 Å². The number of hydrogen-bond donors (Lipinski definition) is 1. The zero-order valence-corrected chi connectivity index (χ0v) is 18.0. The molecule has 0 saturated carbocycles. The van der Waals surface area contributed by atoms with Crippen LogP contribution in [-0.2, 0) is 6.54 Å². The molecule has 0 aliphatic heterocycles. The van der Waals surface area contributed by atoms with Gasteiger partial charge in [-0.05, 0) is 44.0 Å². The lowest BCUT2D eigenvalue weighted by Gasteiger charge is -2.13. The molecule has 2 aromatic carbocycles. The minimum atomic E-state index is -0.384. The Morgan fingerprint density at radius 2 is 1.84 bits per heavy atom. The number of aryl methyl sites for hydroxylation is 2. The summed E-state index contributed by atoms with van der Waals surface area (Å²) in [7, 11) is 0. The van der Waals surface area contributed by atoms with E-state index in [1.54, 1.807) is 36.4 Å². The van der Waals surface area contributed by atoms with E-state index in [0.29, 0.717) is 28.9 Å². The molecule has 4 rings (SSSR count). The van der Waals surface area contributed by atoms with Gasteiger partial charge in [0.15, 0.2) is 5.69 Å². The highest BCUT2D eigenvalue weighted by Gasteiger charge is 2.18. The number of rotatable bonds is 5. The highest BCUT2D eigenvalue weighted by Crippen LogP contribution is 2.24. The molecular formula is C24H24N4O3. The molecule has 2 aromatic heterocycles. The zero-order valence-electron chi connectivity index (χ0n) is 18.0. The summed E-state index contributed by atoms with van der Waals surface area (Å²) in [6.07, 6.45) is 0. The molecule has 0 radical (unpaired) electrons. The zero-order chi connectivity index (χ0) is 22.1. The van der Waals surface area contributed by atoms with Crippen molar-refractivity contribution in [3.8, 4) is 11.5 Å². The van der Waals surface area contributed by atoms with Crippen molar-refractivity contribution in [1.82, 2.24) is 14.8 Å². The van der Waals surface area contributed by atoms with Gasteiger partial charge in [0.2, 0.25) is 5.89 Å². The lowest BCUT2D eigenvalue weighted by Crippen LogP contribution is -2.29. The van der Waals surface area contributed by atoms with Gasteiger partial charge in [0.1, 0.15) is 5.76 Å². The predicted octanol–water partition coefficient (Wildman–Crippen LogP) is 4.58. The van der Waals surface area contributed by atoms with Crippen LogP contribution in [0.5, 0.6) is 0 Å². The van der Waals surface area contributed by atoms with E-state index in [1.807, 2.05) is 39.8 Å². The lowest BCUT2D eigenvalue weighted by molar-refractivity contribution is 0.102. The smallest absolute Gasteiger partial charge is 0.276 e. The van der Waals surface area contributed by atoms with E-state index in [0.717, 1.165) is 17.0 Å². The maximum absolute atomic E-state index is 13.2. The Labute approximate surface area is 179 Å². The van der Waals surface area contributed by atoms with Crippen molar-refractivity contribution in [1.29, 1.82) is 0 Å². The van der Waals surface area contributed by atoms with Crippen molar-refractivity contribution in [2.45, 2.75) is 34.2 Å². The molecular weight excluding hydrogens is 392 g/mol. The molecule has 0 atom stereocenters. The van der Waals surface area contributed by atoms with Gasteiger partial charge in [0.05, 0.1) is 11.1 Å². The average molecular weight is 416 g/mol. The highest BCUT2D eigenvalue weighted by atomic mass is 16.4. The molecule has 2 heterocycles.